The molecule has 2 aromatic rings. The number of anilines is 2. The summed E-state index contributed by atoms with van der Waals surface area (Å²) in [6, 6.07) is 4.86. The lowest BCUT2D eigenvalue weighted by Gasteiger charge is -2.07. The van der Waals surface area contributed by atoms with Gasteiger partial charge in [0.2, 0.25) is 0 Å². The molecule has 0 amide bonds. The van der Waals surface area contributed by atoms with E-state index in [0.29, 0.717) is 0 Å². The molecule has 0 aliphatic carbocycles. The predicted molar refractivity (Wildman–Crippen MR) is 76.9 cm³/mol. The van der Waals surface area contributed by atoms with E-state index in [4.69, 9.17) is 10.8 Å². The van der Waals surface area contributed by atoms with Crippen LogP contribution in [0.2, 0.25) is 0 Å². The number of hydrogen-bond donors (Lipinski definition) is 3. The summed E-state index contributed by atoms with van der Waals surface area (Å²) in [6.45, 7) is 2.71. The van der Waals surface area contributed by atoms with Crippen molar-refractivity contribution in [1.82, 2.24) is 4.98 Å². The lowest BCUT2D eigenvalue weighted by molar-refractivity contribution is 0.0698. The van der Waals surface area contributed by atoms with E-state index in [1.807, 2.05) is 12.3 Å². The molecule has 0 fully saturated rings. The van der Waals surface area contributed by atoms with Crippen LogP contribution in [0, 0.1) is 6.92 Å². The molecular weight excluding hydrogens is 262 g/mol. The minimum atomic E-state index is -1.01. The Morgan fingerprint density at radius 1 is 1.53 bits per heavy atom. The van der Waals surface area contributed by atoms with Crippen LogP contribution in [0.1, 0.15) is 21.1 Å². The fraction of sp³-hybridized carbons (Fsp3) is 0.231. The van der Waals surface area contributed by atoms with E-state index in [2.05, 4.69) is 10.3 Å². The number of aromatic nitrogens is 1. The second-order valence-corrected chi connectivity index (χ2v) is 5.11. The molecule has 19 heavy (non-hydrogen) atoms. The van der Waals surface area contributed by atoms with Crippen molar-refractivity contribution in [2.24, 2.45) is 0 Å². The number of rotatable bonds is 5. The summed E-state index contributed by atoms with van der Waals surface area (Å²) in [6.07, 6.45) is 0.832. The minimum Gasteiger partial charge on any atom is -0.478 e. The van der Waals surface area contributed by atoms with Crippen LogP contribution >= 0.6 is 11.3 Å². The lowest BCUT2D eigenvalue weighted by atomic mass is 10.1. The van der Waals surface area contributed by atoms with Crippen molar-refractivity contribution in [3.05, 3.63) is 39.8 Å². The number of carbonyl (C=O) groups is 1. The molecular formula is C13H15N3O2S. The van der Waals surface area contributed by atoms with E-state index < -0.39 is 5.97 Å². The van der Waals surface area contributed by atoms with Gasteiger partial charge in [-0.15, -0.1) is 11.3 Å². The summed E-state index contributed by atoms with van der Waals surface area (Å²) in [5.74, 6) is -1.01. The fourth-order valence-corrected chi connectivity index (χ4v) is 2.47. The largest absolute Gasteiger partial charge is 0.478 e. The van der Waals surface area contributed by atoms with Gasteiger partial charge in [-0.05, 0) is 25.1 Å². The number of nitrogens with two attached hydrogens (primary N) is 1. The summed E-state index contributed by atoms with van der Waals surface area (Å²) in [5.41, 5.74) is 7.92. The van der Waals surface area contributed by atoms with Gasteiger partial charge < -0.3 is 16.2 Å². The third-order valence-electron chi connectivity index (χ3n) is 2.62. The predicted octanol–water partition coefficient (Wildman–Crippen LogP) is 2.39. The van der Waals surface area contributed by atoms with Crippen LogP contribution < -0.4 is 11.1 Å². The first kappa shape index (κ1) is 13.4. The van der Waals surface area contributed by atoms with E-state index in [0.717, 1.165) is 29.4 Å². The van der Waals surface area contributed by atoms with Gasteiger partial charge in [-0.25, -0.2) is 9.78 Å². The molecule has 0 bridgehead atoms. The first-order valence-electron chi connectivity index (χ1n) is 5.84. The zero-order valence-corrected chi connectivity index (χ0v) is 11.3. The number of carboxylic acids is 1. The van der Waals surface area contributed by atoms with Gasteiger partial charge in [0.15, 0.2) is 0 Å². The Morgan fingerprint density at radius 3 is 2.89 bits per heavy atom. The van der Waals surface area contributed by atoms with Gasteiger partial charge in [0.05, 0.1) is 10.6 Å². The van der Waals surface area contributed by atoms with Crippen LogP contribution in [0.5, 0.6) is 0 Å². The lowest BCUT2D eigenvalue weighted by Crippen LogP contribution is -2.07. The standard InChI is InChI=1S/C13H15N3O2S/c1-8-7-19-12(16-8)4-5-15-9-2-3-10(13(17)18)11(14)6-9/h2-3,6-7,15H,4-5,14H2,1H3,(H,17,18). The fourth-order valence-electron chi connectivity index (χ4n) is 1.70. The highest BCUT2D eigenvalue weighted by molar-refractivity contribution is 7.09. The van der Waals surface area contributed by atoms with E-state index in [1.54, 1.807) is 23.5 Å². The number of nitrogens with one attached hydrogen (secondary N) is 1. The Labute approximate surface area is 115 Å². The maximum absolute atomic E-state index is 10.8. The van der Waals surface area contributed by atoms with E-state index in [-0.39, 0.29) is 11.3 Å². The molecule has 5 nitrogen and oxygen atoms in total. The molecule has 1 aromatic carbocycles. The summed E-state index contributed by atoms with van der Waals surface area (Å²) in [7, 11) is 0. The zero-order valence-electron chi connectivity index (χ0n) is 10.5. The van der Waals surface area contributed by atoms with Crippen LogP contribution in [0.15, 0.2) is 23.6 Å². The first-order chi connectivity index (χ1) is 9.06. The van der Waals surface area contributed by atoms with Gasteiger partial charge in [-0.1, -0.05) is 0 Å². The molecule has 0 unspecified atom stereocenters. The van der Waals surface area contributed by atoms with Gasteiger partial charge in [-0.2, -0.15) is 0 Å². The third-order valence-corrected chi connectivity index (χ3v) is 3.64. The number of nitrogens with zero attached hydrogens (tertiary/aromatic N) is 1. The average Bonchev–Trinajstić information content (AvgIpc) is 2.75. The van der Waals surface area contributed by atoms with Crippen molar-refractivity contribution in [2.45, 2.75) is 13.3 Å². The highest BCUT2D eigenvalue weighted by Gasteiger charge is 2.07. The summed E-state index contributed by atoms with van der Waals surface area (Å²) in [5, 5.41) is 15.2. The number of thiazole rings is 1. The molecule has 0 spiro atoms. The zero-order chi connectivity index (χ0) is 13.8. The quantitative estimate of drug-likeness (QED) is 0.730. The van der Waals surface area contributed by atoms with Gasteiger partial charge in [-0.3, -0.25) is 0 Å². The molecule has 0 aliphatic heterocycles. The monoisotopic (exact) mass is 277 g/mol. The van der Waals surface area contributed by atoms with Gasteiger partial charge in [0, 0.05) is 35.4 Å². The molecule has 4 N–H and O–H groups in total. The molecule has 6 heteroatoms. The van der Waals surface area contributed by atoms with Gasteiger partial charge >= 0.3 is 5.97 Å². The molecule has 1 aromatic heterocycles. The second-order valence-electron chi connectivity index (χ2n) is 4.17. The Balaban J connectivity index is 1.93. The van der Waals surface area contributed by atoms with Crippen molar-refractivity contribution in [3.8, 4) is 0 Å². The first-order valence-corrected chi connectivity index (χ1v) is 6.72. The Bertz CT molecular complexity index is 595. The molecule has 0 saturated carbocycles. The maximum atomic E-state index is 10.8. The van der Waals surface area contributed by atoms with Gasteiger partial charge in [0.25, 0.3) is 0 Å². The van der Waals surface area contributed by atoms with Crippen LogP contribution in [0.4, 0.5) is 11.4 Å². The van der Waals surface area contributed by atoms with Crippen molar-refractivity contribution in [1.29, 1.82) is 0 Å². The molecule has 0 aliphatic rings. The Morgan fingerprint density at radius 2 is 2.32 bits per heavy atom. The number of hydrogen-bond acceptors (Lipinski definition) is 5. The highest BCUT2D eigenvalue weighted by atomic mass is 32.1. The smallest absolute Gasteiger partial charge is 0.337 e. The SMILES string of the molecule is Cc1csc(CCNc2ccc(C(=O)O)c(N)c2)n1. The van der Waals surface area contributed by atoms with Crippen LogP contribution in [0.25, 0.3) is 0 Å². The summed E-state index contributed by atoms with van der Waals surface area (Å²) >= 11 is 1.64. The number of nitrogen functional groups attached to an aromatic ring is 1. The Hall–Kier alpha value is -2.08. The molecule has 0 saturated heterocycles. The van der Waals surface area contributed by atoms with Gasteiger partial charge in [0.1, 0.15) is 0 Å². The number of carboxylic acid groups (broad SMARTS) is 1. The molecule has 0 atom stereocenters. The number of aryl methyl sites for hydroxylation is 1. The van der Waals surface area contributed by atoms with Crippen LogP contribution in [-0.2, 0) is 6.42 Å². The van der Waals surface area contributed by atoms with Crippen molar-refractivity contribution >= 4 is 28.7 Å². The summed E-state index contributed by atoms with van der Waals surface area (Å²) < 4.78 is 0. The number of benzene rings is 1. The molecule has 100 valence electrons. The Kier molecular flexibility index (Phi) is 4.01. The number of aromatic carboxylic acids is 1. The van der Waals surface area contributed by atoms with Crippen LogP contribution in [-0.4, -0.2) is 22.6 Å². The van der Waals surface area contributed by atoms with Crippen LogP contribution in [0.3, 0.4) is 0 Å². The van der Waals surface area contributed by atoms with Crippen molar-refractivity contribution in [3.63, 3.8) is 0 Å². The highest BCUT2D eigenvalue weighted by Crippen LogP contribution is 2.18. The second kappa shape index (κ2) is 5.71. The van der Waals surface area contributed by atoms with Crippen molar-refractivity contribution < 1.29 is 9.90 Å². The normalized spacial score (nSPS) is 10.4. The molecule has 2 rings (SSSR count). The third kappa shape index (κ3) is 3.45. The minimum absolute atomic E-state index is 0.126. The van der Waals surface area contributed by atoms with E-state index >= 15 is 0 Å². The van der Waals surface area contributed by atoms with E-state index in [1.165, 1.54) is 6.07 Å². The van der Waals surface area contributed by atoms with Crippen molar-refractivity contribution in [2.75, 3.05) is 17.6 Å². The molecule has 1 heterocycles. The summed E-state index contributed by atoms with van der Waals surface area (Å²) in [4.78, 5) is 15.2. The van der Waals surface area contributed by atoms with E-state index in [9.17, 15) is 4.79 Å². The average molecular weight is 277 g/mol. The molecule has 0 radical (unpaired) electrons. The maximum Gasteiger partial charge on any atom is 0.337 e. The topological polar surface area (TPSA) is 88.2 Å².